The molecule has 1 atom stereocenters. The average Bonchev–Trinajstić information content (AvgIpc) is 3.44. The van der Waals surface area contributed by atoms with Crippen molar-refractivity contribution in [2.45, 2.75) is 50.7 Å². The van der Waals surface area contributed by atoms with Crippen LogP contribution in [-0.4, -0.2) is 50.0 Å². The number of amides is 2. The van der Waals surface area contributed by atoms with Crippen LogP contribution in [0.4, 0.5) is 10.1 Å². The predicted molar refractivity (Wildman–Crippen MR) is 160 cm³/mol. The van der Waals surface area contributed by atoms with Gasteiger partial charge in [-0.3, -0.25) is 13.9 Å². The van der Waals surface area contributed by atoms with Gasteiger partial charge in [0.2, 0.25) is 21.8 Å². The largest absolute Gasteiger partial charge is 0.352 e. The molecule has 0 unspecified atom stereocenters. The first-order valence-electron chi connectivity index (χ1n) is 13.3. The highest BCUT2D eigenvalue weighted by atomic mass is 35.5. The number of anilines is 1. The molecule has 0 heterocycles. The van der Waals surface area contributed by atoms with E-state index in [0.717, 1.165) is 47.9 Å². The Bertz CT molecular complexity index is 1480. The van der Waals surface area contributed by atoms with E-state index in [4.69, 9.17) is 23.2 Å². The Morgan fingerprint density at radius 3 is 2.24 bits per heavy atom. The second-order valence-electron chi connectivity index (χ2n) is 10.2. The summed E-state index contributed by atoms with van der Waals surface area (Å²) in [4.78, 5) is 29.2. The van der Waals surface area contributed by atoms with Crippen molar-refractivity contribution in [3.8, 4) is 0 Å². The van der Waals surface area contributed by atoms with Crippen LogP contribution in [0.15, 0.2) is 72.8 Å². The monoisotopic (exact) mass is 619 g/mol. The van der Waals surface area contributed by atoms with Crippen LogP contribution in [0.3, 0.4) is 0 Å². The maximum Gasteiger partial charge on any atom is 0.244 e. The second kappa shape index (κ2) is 13.7. The van der Waals surface area contributed by atoms with Gasteiger partial charge in [0.05, 0.1) is 22.0 Å². The lowest BCUT2D eigenvalue weighted by molar-refractivity contribution is -0.140. The summed E-state index contributed by atoms with van der Waals surface area (Å²) in [6, 6.07) is 18.5. The van der Waals surface area contributed by atoms with E-state index in [1.54, 1.807) is 18.2 Å². The third kappa shape index (κ3) is 8.21. The maximum absolute atomic E-state index is 14.7. The molecule has 0 bridgehead atoms. The molecule has 3 aromatic rings. The number of para-hydroxylation sites is 1. The van der Waals surface area contributed by atoms with Crippen molar-refractivity contribution in [3.05, 3.63) is 99.8 Å². The zero-order valence-corrected chi connectivity index (χ0v) is 24.9. The zero-order valence-electron chi connectivity index (χ0n) is 22.6. The van der Waals surface area contributed by atoms with Crippen molar-refractivity contribution in [1.29, 1.82) is 0 Å². The number of nitrogens with one attached hydrogen (secondary N) is 1. The number of rotatable bonds is 11. The van der Waals surface area contributed by atoms with E-state index >= 15 is 0 Å². The Kier molecular flexibility index (Phi) is 10.3. The molecule has 0 aliphatic heterocycles. The summed E-state index contributed by atoms with van der Waals surface area (Å²) in [5.74, 6) is -1.81. The summed E-state index contributed by atoms with van der Waals surface area (Å²) in [6.45, 7) is -0.761. The van der Waals surface area contributed by atoms with Crippen LogP contribution in [-0.2, 0) is 32.6 Å². The van der Waals surface area contributed by atoms with Crippen LogP contribution in [0.1, 0.15) is 36.8 Å². The Balaban J connectivity index is 1.74. The molecule has 0 aromatic heterocycles. The normalized spacial score (nSPS) is 14.4. The molecule has 0 saturated heterocycles. The quantitative estimate of drug-likeness (QED) is 0.303. The Hall–Kier alpha value is -3.14. The van der Waals surface area contributed by atoms with Crippen LogP contribution in [0, 0.1) is 5.82 Å². The molecule has 1 N–H and O–H groups in total. The summed E-state index contributed by atoms with van der Waals surface area (Å²) in [5, 5.41) is 3.70. The van der Waals surface area contributed by atoms with Crippen LogP contribution < -0.4 is 9.62 Å². The van der Waals surface area contributed by atoms with Gasteiger partial charge in [-0.05, 0) is 48.2 Å². The molecule has 0 spiro atoms. The Morgan fingerprint density at radius 1 is 0.951 bits per heavy atom. The minimum atomic E-state index is -4.07. The van der Waals surface area contributed by atoms with E-state index in [9.17, 15) is 22.4 Å². The SMILES string of the molecule is CS(=O)(=O)N(CC(=O)N(Cc1ccc(Cl)c(Cl)c1)[C@H](Cc1ccccc1)C(=O)NC1CCCC1)c1ccccc1F. The molecule has 4 rings (SSSR count). The van der Waals surface area contributed by atoms with Crippen LogP contribution in [0.2, 0.25) is 10.0 Å². The Labute approximate surface area is 250 Å². The van der Waals surface area contributed by atoms with Gasteiger partial charge in [-0.25, -0.2) is 12.8 Å². The summed E-state index contributed by atoms with van der Waals surface area (Å²) in [7, 11) is -4.07. The Morgan fingerprint density at radius 2 is 1.61 bits per heavy atom. The summed E-state index contributed by atoms with van der Waals surface area (Å²) in [5.41, 5.74) is 1.16. The number of carbonyl (C=O) groups is 2. The first kappa shape index (κ1) is 30.8. The van der Waals surface area contributed by atoms with Crippen molar-refractivity contribution >= 4 is 50.7 Å². The second-order valence-corrected chi connectivity index (χ2v) is 12.9. The van der Waals surface area contributed by atoms with Gasteiger partial charge in [-0.1, -0.05) is 84.6 Å². The molecule has 41 heavy (non-hydrogen) atoms. The number of sulfonamides is 1. The standard InChI is InChI=1S/C30H32Cl2FN3O4S/c1-41(39,40)36(27-14-8-7-13-26(27)33)20-29(37)35(19-22-15-16-24(31)25(32)17-22)28(18-21-9-3-2-4-10-21)30(38)34-23-11-5-6-12-23/h2-4,7-10,13-17,23,28H,5-6,11-12,18-20H2,1H3,(H,34,38)/t28-/m1/s1. The fourth-order valence-corrected chi connectivity index (χ4v) is 6.18. The molecule has 1 fully saturated rings. The van der Waals surface area contributed by atoms with Crippen LogP contribution in [0.5, 0.6) is 0 Å². The molecule has 2 amide bonds. The molecule has 7 nitrogen and oxygen atoms in total. The lowest BCUT2D eigenvalue weighted by Crippen LogP contribution is -2.54. The van der Waals surface area contributed by atoms with Crippen molar-refractivity contribution in [2.75, 3.05) is 17.1 Å². The lowest BCUT2D eigenvalue weighted by atomic mass is 10.0. The van der Waals surface area contributed by atoms with Crippen molar-refractivity contribution in [2.24, 2.45) is 0 Å². The third-order valence-corrected chi connectivity index (χ3v) is 8.98. The molecule has 3 aromatic carbocycles. The van der Waals surface area contributed by atoms with E-state index < -0.39 is 34.3 Å². The van der Waals surface area contributed by atoms with Gasteiger partial charge in [0, 0.05) is 19.0 Å². The van der Waals surface area contributed by atoms with E-state index in [-0.39, 0.29) is 35.6 Å². The van der Waals surface area contributed by atoms with Gasteiger partial charge < -0.3 is 10.2 Å². The molecule has 1 saturated carbocycles. The van der Waals surface area contributed by atoms with Gasteiger partial charge in [-0.2, -0.15) is 0 Å². The number of benzene rings is 3. The molecular formula is C30H32Cl2FN3O4S. The van der Waals surface area contributed by atoms with Crippen molar-refractivity contribution in [3.63, 3.8) is 0 Å². The van der Waals surface area contributed by atoms with Crippen molar-refractivity contribution in [1.82, 2.24) is 10.2 Å². The number of nitrogens with zero attached hydrogens (tertiary/aromatic N) is 2. The molecule has 0 radical (unpaired) electrons. The van der Waals surface area contributed by atoms with Crippen LogP contribution in [0.25, 0.3) is 0 Å². The average molecular weight is 621 g/mol. The molecular weight excluding hydrogens is 588 g/mol. The maximum atomic E-state index is 14.7. The molecule has 11 heteroatoms. The summed E-state index contributed by atoms with van der Waals surface area (Å²) < 4.78 is 41.0. The van der Waals surface area contributed by atoms with Gasteiger partial charge in [0.15, 0.2) is 0 Å². The lowest BCUT2D eigenvalue weighted by Gasteiger charge is -2.34. The van der Waals surface area contributed by atoms with Gasteiger partial charge in [-0.15, -0.1) is 0 Å². The minimum absolute atomic E-state index is 0.00589. The number of hydrogen-bond donors (Lipinski definition) is 1. The predicted octanol–water partition coefficient (Wildman–Crippen LogP) is 5.60. The molecule has 1 aliphatic rings. The van der Waals surface area contributed by atoms with Crippen LogP contribution >= 0.6 is 23.2 Å². The molecule has 1 aliphatic carbocycles. The number of hydrogen-bond acceptors (Lipinski definition) is 4. The van der Waals surface area contributed by atoms with Gasteiger partial charge >= 0.3 is 0 Å². The summed E-state index contributed by atoms with van der Waals surface area (Å²) in [6.07, 6.45) is 4.80. The first-order valence-corrected chi connectivity index (χ1v) is 15.9. The topological polar surface area (TPSA) is 86.8 Å². The van der Waals surface area contributed by atoms with Crippen molar-refractivity contribution < 1.29 is 22.4 Å². The fourth-order valence-electron chi connectivity index (χ4n) is 5.00. The van der Waals surface area contributed by atoms with Gasteiger partial charge in [0.25, 0.3) is 0 Å². The minimum Gasteiger partial charge on any atom is -0.352 e. The highest BCUT2D eigenvalue weighted by molar-refractivity contribution is 7.92. The van der Waals surface area contributed by atoms with E-state index in [2.05, 4.69) is 5.32 Å². The highest BCUT2D eigenvalue weighted by Gasteiger charge is 2.34. The third-order valence-electron chi connectivity index (χ3n) is 7.11. The number of halogens is 3. The first-order chi connectivity index (χ1) is 19.5. The fraction of sp³-hybridized carbons (Fsp3) is 0.333. The smallest absolute Gasteiger partial charge is 0.244 e. The molecule has 218 valence electrons. The summed E-state index contributed by atoms with van der Waals surface area (Å²) >= 11 is 12.4. The van der Waals surface area contributed by atoms with E-state index in [1.165, 1.54) is 23.1 Å². The zero-order chi connectivity index (χ0) is 29.6. The van der Waals surface area contributed by atoms with E-state index in [1.807, 2.05) is 30.3 Å². The number of carbonyl (C=O) groups excluding carboxylic acids is 2. The highest BCUT2D eigenvalue weighted by Crippen LogP contribution is 2.26. The van der Waals surface area contributed by atoms with Gasteiger partial charge in [0.1, 0.15) is 18.4 Å². The van der Waals surface area contributed by atoms with E-state index in [0.29, 0.717) is 10.6 Å².